The van der Waals surface area contributed by atoms with Crippen molar-refractivity contribution in [2.45, 2.75) is 67.8 Å². The molecule has 0 spiro atoms. The van der Waals surface area contributed by atoms with E-state index in [4.69, 9.17) is 23.7 Å². The molecular weight excluding hydrogens is 600 g/mol. The highest BCUT2D eigenvalue weighted by atomic mass is 16.7. The molecule has 2 aromatic rings. The van der Waals surface area contributed by atoms with Crippen molar-refractivity contribution in [2.75, 3.05) is 13.2 Å². The molecule has 10 atom stereocenters. The van der Waals surface area contributed by atoms with Crippen LogP contribution in [0, 0.1) is 11.3 Å². The molecule has 2 saturated heterocycles. The van der Waals surface area contributed by atoms with Crippen LogP contribution >= 0.6 is 0 Å². The van der Waals surface area contributed by atoms with E-state index < -0.39 is 108 Å². The van der Waals surface area contributed by atoms with Crippen LogP contribution in [-0.2, 0) is 28.5 Å². The fraction of sp³-hybridized carbons (Fsp3) is 0.500. The van der Waals surface area contributed by atoms with E-state index in [1.54, 1.807) is 18.2 Å². The molecule has 0 radical (unpaired) electrons. The third kappa shape index (κ3) is 4.45. The Kier molecular flexibility index (Phi) is 7.46. The molecule has 7 rings (SSSR count). The lowest BCUT2D eigenvalue weighted by molar-refractivity contribution is -0.393. The minimum atomic E-state index is -1.82. The summed E-state index contributed by atoms with van der Waals surface area (Å²) in [7, 11) is 0. The fourth-order valence-electron chi connectivity index (χ4n) is 7.21. The summed E-state index contributed by atoms with van der Waals surface area (Å²) in [5.74, 6) is -5.87. The summed E-state index contributed by atoms with van der Waals surface area (Å²) in [5, 5.41) is 70.5. The van der Waals surface area contributed by atoms with Gasteiger partial charge in [-0.25, -0.2) is 9.59 Å². The van der Waals surface area contributed by atoms with Crippen LogP contribution in [0.4, 0.5) is 0 Å². The first kappa shape index (κ1) is 31.0. The molecule has 7 N–H and O–H groups in total. The van der Waals surface area contributed by atoms with Crippen LogP contribution in [0.15, 0.2) is 42.5 Å². The van der Waals surface area contributed by atoms with Crippen LogP contribution in [0.25, 0.3) is 0 Å². The Hall–Kier alpha value is -3.99. The molecule has 4 bridgehead atoms. The molecule has 2 aliphatic heterocycles. The molecule has 15 nitrogen and oxygen atoms in total. The van der Waals surface area contributed by atoms with Gasteiger partial charge >= 0.3 is 17.9 Å². The number of fused-ring (bicyclic) bond motifs is 1. The Morgan fingerprint density at radius 2 is 1.60 bits per heavy atom. The highest BCUT2D eigenvalue weighted by Crippen LogP contribution is 2.74. The van der Waals surface area contributed by atoms with Gasteiger partial charge in [-0.15, -0.1) is 0 Å². The Balaban J connectivity index is 1.34. The largest absolute Gasteiger partial charge is 0.504 e. The van der Waals surface area contributed by atoms with Gasteiger partial charge in [-0.1, -0.05) is 18.2 Å². The molecule has 5 aliphatic rings. The second-order valence-corrected chi connectivity index (χ2v) is 12.0. The van der Waals surface area contributed by atoms with E-state index in [1.165, 1.54) is 19.1 Å². The van der Waals surface area contributed by atoms with Gasteiger partial charge in [0.15, 0.2) is 23.5 Å². The van der Waals surface area contributed by atoms with E-state index in [0.29, 0.717) is 0 Å². The van der Waals surface area contributed by atoms with Crippen LogP contribution in [0.5, 0.6) is 17.2 Å². The van der Waals surface area contributed by atoms with Crippen molar-refractivity contribution in [3.8, 4) is 17.2 Å². The number of phenolic OH excluding ortho intramolecular Hbond substituents is 3. The summed E-state index contributed by atoms with van der Waals surface area (Å²) in [6, 6.07) is 9.73. The predicted octanol–water partition coefficient (Wildman–Crippen LogP) is -0.533. The summed E-state index contributed by atoms with van der Waals surface area (Å²) < 4.78 is 29.1. The van der Waals surface area contributed by atoms with Gasteiger partial charge in [-0.2, -0.15) is 0 Å². The number of rotatable bonds is 8. The highest BCUT2D eigenvalue weighted by molar-refractivity contribution is 5.92. The first-order valence-corrected chi connectivity index (χ1v) is 14.2. The number of carbonyl (C=O) groups is 3. The van der Waals surface area contributed by atoms with E-state index in [1.807, 2.05) is 0 Å². The maximum Gasteiger partial charge on any atom is 0.338 e. The van der Waals surface area contributed by atoms with Crippen LogP contribution in [0.2, 0.25) is 0 Å². The second-order valence-electron chi connectivity index (χ2n) is 12.0. The standard InChI is InChI=1S/C30H32O15/c1-28-10-18(42-25(39)14-7-16(32)20(34)17(33)8-14)15-9-30(28,44-26-23(37)22(36)21(35)19(11-31)43-26)29(15,27(40)45-28)12-41-24(38)13-5-3-2-4-6-13/h2-8,15,18-19,21-23,26,31-37H,9-12H2,1H3/t15-,18+,19+,21+,22-,23+,26-,28-,29-,30-/m0/s1. The van der Waals surface area contributed by atoms with Gasteiger partial charge < -0.3 is 59.4 Å². The average molecular weight is 633 g/mol. The maximum absolute atomic E-state index is 13.8. The molecule has 5 fully saturated rings. The molecule has 0 unspecified atom stereocenters. The molecule has 0 amide bonds. The van der Waals surface area contributed by atoms with Gasteiger partial charge in [0.25, 0.3) is 0 Å². The zero-order valence-corrected chi connectivity index (χ0v) is 23.8. The van der Waals surface area contributed by atoms with Crippen molar-refractivity contribution in [1.82, 2.24) is 0 Å². The Labute approximate surface area is 255 Å². The molecule has 15 heteroatoms. The number of hydrogen-bond donors (Lipinski definition) is 7. The Bertz CT molecular complexity index is 1490. The number of ether oxygens (including phenoxy) is 5. The van der Waals surface area contributed by atoms with Crippen molar-refractivity contribution in [1.29, 1.82) is 0 Å². The molecule has 242 valence electrons. The first-order chi connectivity index (χ1) is 21.3. The quantitative estimate of drug-likeness (QED) is 0.110. The minimum absolute atomic E-state index is 0.0445. The minimum Gasteiger partial charge on any atom is -0.504 e. The average Bonchev–Trinajstić information content (AvgIpc) is 3.07. The summed E-state index contributed by atoms with van der Waals surface area (Å²) in [6.45, 7) is 0.170. The van der Waals surface area contributed by atoms with E-state index in [2.05, 4.69) is 0 Å². The van der Waals surface area contributed by atoms with Crippen molar-refractivity contribution in [3.05, 3.63) is 53.6 Å². The maximum atomic E-state index is 13.8. The van der Waals surface area contributed by atoms with Crippen molar-refractivity contribution in [2.24, 2.45) is 11.3 Å². The van der Waals surface area contributed by atoms with E-state index >= 15 is 0 Å². The third-order valence-corrected chi connectivity index (χ3v) is 9.61. The van der Waals surface area contributed by atoms with E-state index in [0.717, 1.165) is 12.1 Å². The zero-order chi connectivity index (χ0) is 32.5. The number of aliphatic hydroxyl groups is 4. The predicted molar refractivity (Wildman–Crippen MR) is 145 cm³/mol. The molecule has 2 heterocycles. The molecule has 2 aromatic carbocycles. The molecule has 45 heavy (non-hydrogen) atoms. The molecular formula is C30H32O15. The highest BCUT2D eigenvalue weighted by Gasteiger charge is 2.89. The van der Waals surface area contributed by atoms with Gasteiger partial charge in [-0.3, -0.25) is 4.79 Å². The van der Waals surface area contributed by atoms with Gasteiger partial charge in [0.05, 0.1) is 17.7 Å². The Morgan fingerprint density at radius 3 is 2.24 bits per heavy atom. The molecule has 0 aromatic heterocycles. The van der Waals surface area contributed by atoms with Gasteiger partial charge in [0, 0.05) is 12.3 Å². The monoisotopic (exact) mass is 632 g/mol. The first-order valence-electron chi connectivity index (χ1n) is 14.2. The van der Waals surface area contributed by atoms with E-state index in [-0.39, 0.29) is 24.0 Å². The smallest absolute Gasteiger partial charge is 0.338 e. The second kappa shape index (κ2) is 10.8. The lowest BCUT2D eigenvalue weighted by Gasteiger charge is -2.66. The summed E-state index contributed by atoms with van der Waals surface area (Å²) >= 11 is 0. The van der Waals surface area contributed by atoms with Crippen molar-refractivity contribution >= 4 is 17.9 Å². The SMILES string of the molecule is C[C@]12C[C@@H](OC(=O)c3cc(O)c(O)c(O)c3)[C@@H]3C[C@@]1(O[C@@H]1O[C@H](CO)[C@@H](O)[C@H](O)[C@H]1O)[C@]3(COC(=O)c1ccccc1)C(=O)O2. The van der Waals surface area contributed by atoms with Gasteiger partial charge in [0.1, 0.15) is 53.7 Å². The summed E-state index contributed by atoms with van der Waals surface area (Å²) in [6.07, 6.45) is -9.49. The van der Waals surface area contributed by atoms with Crippen LogP contribution in [0.1, 0.15) is 40.5 Å². The summed E-state index contributed by atoms with van der Waals surface area (Å²) in [5.41, 5.74) is -5.17. The number of hydrogen-bond acceptors (Lipinski definition) is 15. The zero-order valence-electron chi connectivity index (χ0n) is 23.8. The van der Waals surface area contributed by atoms with Crippen LogP contribution < -0.4 is 0 Å². The fourth-order valence-corrected chi connectivity index (χ4v) is 7.21. The number of benzene rings is 2. The normalized spacial score (nSPS) is 38.2. The van der Waals surface area contributed by atoms with Crippen molar-refractivity contribution < 1.29 is 73.8 Å². The Morgan fingerprint density at radius 1 is 0.933 bits per heavy atom. The van der Waals surface area contributed by atoms with Gasteiger partial charge in [-0.05, 0) is 37.6 Å². The molecule has 3 aliphatic carbocycles. The lowest BCUT2D eigenvalue weighted by Crippen LogP contribution is -2.80. The summed E-state index contributed by atoms with van der Waals surface area (Å²) in [4.78, 5) is 39.9. The van der Waals surface area contributed by atoms with E-state index in [9.17, 15) is 50.1 Å². The number of phenols is 3. The molecule has 3 saturated carbocycles. The van der Waals surface area contributed by atoms with Crippen LogP contribution in [-0.4, -0.2) is 115 Å². The number of aliphatic hydroxyl groups excluding tert-OH is 4. The van der Waals surface area contributed by atoms with Gasteiger partial charge in [0.2, 0.25) is 0 Å². The number of aromatic hydroxyl groups is 3. The van der Waals surface area contributed by atoms with Crippen molar-refractivity contribution in [3.63, 3.8) is 0 Å². The number of carbonyl (C=O) groups excluding carboxylic acids is 3. The third-order valence-electron chi connectivity index (χ3n) is 9.61. The topological polar surface area (TPSA) is 239 Å². The lowest BCUT2D eigenvalue weighted by atomic mass is 9.40. The number of esters is 3. The van der Waals surface area contributed by atoms with Crippen LogP contribution in [0.3, 0.4) is 0 Å².